The number of fused-ring (bicyclic) bond motifs is 6. The molecule has 3 heterocycles. The first-order valence-electron chi connectivity index (χ1n) is 10.9. The van der Waals surface area contributed by atoms with E-state index in [0.717, 1.165) is 11.1 Å². The summed E-state index contributed by atoms with van der Waals surface area (Å²) in [7, 11) is 0. The van der Waals surface area contributed by atoms with Crippen LogP contribution in [0.3, 0.4) is 0 Å². The van der Waals surface area contributed by atoms with Gasteiger partial charge in [0.25, 0.3) is 5.56 Å². The van der Waals surface area contributed by atoms with Crippen molar-refractivity contribution in [3.05, 3.63) is 120 Å². The quantitative estimate of drug-likeness (QED) is 0.407. The molecule has 7 heteroatoms. The van der Waals surface area contributed by atoms with E-state index >= 15 is 0 Å². The molecule has 2 aliphatic heterocycles. The van der Waals surface area contributed by atoms with Crippen molar-refractivity contribution >= 4 is 34.8 Å². The molecule has 1 aromatic heterocycles. The zero-order valence-electron chi connectivity index (χ0n) is 18.1. The summed E-state index contributed by atoms with van der Waals surface area (Å²) in [6.07, 6.45) is 1.83. The van der Waals surface area contributed by atoms with E-state index < -0.39 is 17.7 Å². The number of ketones is 1. The second-order valence-corrected chi connectivity index (χ2v) is 10.0. The summed E-state index contributed by atoms with van der Waals surface area (Å²) in [5.74, 6) is -0.144. The topological polar surface area (TPSA) is 60.7 Å². The zero-order valence-corrected chi connectivity index (χ0v) is 19.7. The molecule has 5 nitrogen and oxygen atoms in total. The molecule has 6 rings (SSSR count). The van der Waals surface area contributed by atoms with Crippen LogP contribution in [0.5, 0.6) is 5.75 Å². The Bertz CT molecular complexity index is 1610. The van der Waals surface area contributed by atoms with Crippen LogP contribution in [0.1, 0.15) is 34.5 Å². The van der Waals surface area contributed by atoms with Crippen molar-refractivity contribution in [1.82, 2.24) is 4.57 Å². The number of carbonyl (C=O) groups excluding carboxylic acids is 1. The summed E-state index contributed by atoms with van der Waals surface area (Å²) < 4.78 is 8.57. The highest BCUT2D eigenvalue weighted by atomic mass is 35.5. The Morgan fingerprint density at radius 3 is 2.53 bits per heavy atom. The molecule has 2 aliphatic rings. The highest BCUT2D eigenvalue weighted by Gasteiger charge is 2.54. The van der Waals surface area contributed by atoms with E-state index in [2.05, 4.69) is 0 Å². The monoisotopic (exact) mass is 486 g/mol. The van der Waals surface area contributed by atoms with E-state index in [4.69, 9.17) is 21.3 Å². The van der Waals surface area contributed by atoms with Gasteiger partial charge in [0.1, 0.15) is 11.7 Å². The third-order valence-electron chi connectivity index (χ3n) is 6.39. The summed E-state index contributed by atoms with van der Waals surface area (Å²) in [4.78, 5) is 32.9. The van der Waals surface area contributed by atoms with Gasteiger partial charge in [-0.2, -0.15) is 0 Å². The van der Waals surface area contributed by atoms with Crippen molar-refractivity contribution in [1.29, 1.82) is 0 Å². The highest BCUT2D eigenvalue weighted by molar-refractivity contribution is 7.07. The average molecular weight is 487 g/mol. The summed E-state index contributed by atoms with van der Waals surface area (Å²) >= 11 is 7.32. The molecular formula is C27H19ClN2O3S. The zero-order chi connectivity index (χ0) is 23.4. The van der Waals surface area contributed by atoms with Crippen LogP contribution in [-0.4, -0.2) is 16.1 Å². The van der Waals surface area contributed by atoms with Crippen molar-refractivity contribution in [3.8, 4) is 5.75 Å². The Balaban J connectivity index is 1.60. The van der Waals surface area contributed by atoms with E-state index in [9.17, 15) is 9.59 Å². The third-order valence-corrected chi connectivity index (χ3v) is 7.62. The molecule has 0 saturated heterocycles. The number of carbonyl (C=O) groups is 1. The lowest BCUT2D eigenvalue weighted by Crippen LogP contribution is -2.58. The Morgan fingerprint density at radius 1 is 1.06 bits per heavy atom. The molecule has 0 fully saturated rings. The van der Waals surface area contributed by atoms with Gasteiger partial charge in [-0.25, -0.2) is 4.99 Å². The Kier molecular flexibility index (Phi) is 4.83. The van der Waals surface area contributed by atoms with E-state index in [1.165, 1.54) is 11.3 Å². The second-order valence-electron chi connectivity index (χ2n) is 8.58. The normalized spacial score (nSPS) is 22.8. The van der Waals surface area contributed by atoms with Crippen LogP contribution in [0.15, 0.2) is 88.6 Å². The number of para-hydroxylation sites is 1. The SMILES string of the molecule is CC12N=c3sc(=Cc4ccc(Cl)cc4)c(=O)n3C(c3ccccc3O1)[C@H]2C(=O)c1ccccc1. The van der Waals surface area contributed by atoms with Gasteiger partial charge >= 0.3 is 0 Å². The molecule has 4 aromatic rings. The van der Waals surface area contributed by atoms with Gasteiger partial charge in [-0.3, -0.25) is 14.2 Å². The first-order valence-corrected chi connectivity index (χ1v) is 12.1. The van der Waals surface area contributed by atoms with E-state index in [1.807, 2.05) is 67.6 Å². The van der Waals surface area contributed by atoms with Crippen LogP contribution in [0.2, 0.25) is 5.02 Å². The number of hydrogen-bond donors (Lipinski definition) is 0. The summed E-state index contributed by atoms with van der Waals surface area (Å²) in [5.41, 5.74) is 0.933. The predicted octanol–water partition coefficient (Wildman–Crippen LogP) is 4.22. The van der Waals surface area contributed by atoms with Gasteiger partial charge in [-0.05, 0) is 36.8 Å². The lowest BCUT2D eigenvalue weighted by Gasteiger charge is -2.45. The van der Waals surface area contributed by atoms with Crippen molar-refractivity contribution in [2.24, 2.45) is 10.9 Å². The van der Waals surface area contributed by atoms with E-state index in [1.54, 1.807) is 28.8 Å². The molecular weight excluding hydrogens is 468 g/mol. The maximum Gasteiger partial charge on any atom is 0.270 e. The third kappa shape index (κ3) is 3.25. The number of benzene rings is 3. The van der Waals surface area contributed by atoms with Crippen LogP contribution in [0, 0.1) is 5.92 Å². The molecule has 0 N–H and O–H groups in total. The molecule has 2 unspecified atom stereocenters. The van der Waals surface area contributed by atoms with Crippen LogP contribution < -0.4 is 19.6 Å². The Morgan fingerprint density at radius 2 is 1.76 bits per heavy atom. The van der Waals surface area contributed by atoms with Gasteiger partial charge in [0.05, 0.1) is 10.6 Å². The first-order chi connectivity index (χ1) is 16.4. The van der Waals surface area contributed by atoms with Gasteiger partial charge in [0.2, 0.25) is 5.72 Å². The maximum absolute atomic E-state index is 13.8. The minimum atomic E-state index is -1.14. The molecule has 3 atom stereocenters. The Hall–Kier alpha value is -3.48. The smallest absolute Gasteiger partial charge is 0.270 e. The molecule has 3 aromatic carbocycles. The number of hydrogen-bond acceptors (Lipinski definition) is 5. The molecule has 34 heavy (non-hydrogen) atoms. The molecule has 0 saturated carbocycles. The standard InChI is InChI=1S/C27H19ClN2O3S/c1-27-22(24(31)17-7-3-2-4-8-17)23(19-9-5-6-10-20(19)33-27)30-25(32)21(34-26(30)29-27)15-16-11-13-18(28)14-12-16/h2-15,22-23H,1H3/t22-,23?,27?/m0/s1. The minimum Gasteiger partial charge on any atom is -0.465 e. The maximum atomic E-state index is 13.8. The molecule has 0 amide bonds. The number of aromatic nitrogens is 1. The molecule has 168 valence electrons. The van der Waals surface area contributed by atoms with Crippen molar-refractivity contribution < 1.29 is 9.53 Å². The number of rotatable bonds is 3. The fraction of sp³-hybridized carbons (Fsp3) is 0.148. The Labute approximate surface area is 204 Å². The second kappa shape index (κ2) is 7.79. The summed E-state index contributed by atoms with van der Waals surface area (Å²) in [6.45, 7) is 1.83. The lowest BCUT2D eigenvalue weighted by atomic mass is 9.77. The van der Waals surface area contributed by atoms with Crippen molar-refractivity contribution in [3.63, 3.8) is 0 Å². The summed E-state index contributed by atoms with van der Waals surface area (Å²) in [5, 5.41) is 0.632. The number of nitrogens with zero attached hydrogens (tertiary/aromatic N) is 2. The molecule has 0 aliphatic carbocycles. The number of ether oxygens (including phenoxy) is 1. The van der Waals surface area contributed by atoms with Gasteiger partial charge in [-0.15, -0.1) is 0 Å². The van der Waals surface area contributed by atoms with Crippen molar-refractivity contribution in [2.75, 3.05) is 0 Å². The van der Waals surface area contributed by atoms with Gasteiger partial charge in [0.15, 0.2) is 10.6 Å². The fourth-order valence-corrected chi connectivity index (χ4v) is 6.06. The van der Waals surface area contributed by atoms with E-state index in [-0.39, 0.29) is 11.3 Å². The van der Waals surface area contributed by atoms with Crippen LogP contribution >= 0.6 is 22.9 Å². The average Bonchev–Trinajstić information content (AvgIpc) is 3.13. The molecule has 2 bridgehead atoms. The fourth-order valence-electron chi connectivity index (χ4n) is 4.84. The number of thiazole rings is 1. The van der Waals surface area contributed by atoms with E-state index in [0.29, 0.717) is 25.7 Å². The lowest BCUT2D eigenvalue weighted by molar-refractivity contribution is -0.0109. The van der Waals surface area contributed by atoms with Gasteiger partial charge in [-0.1, -0.05) is 83.6 Å². The largest absolute Gasteiger partial charge is 0.465 e. The van der Waals surface area contributed by atoms with Crippen LogP contribution in [-0.2, 0) is 0 Å². The highest BCUT2D eigenvalue weighted by Crippen LogP contribution is 2.48. The van der Waals surface area contributed by atoms with Crippen molar-refractivity contribution in [2.45, 2.75) is 18.7 Å². The van der Waals surface area contributed by atoms with Crippen LogP contribution in [0.25, 0.3) is 6.08 Å². The van der Waals surface area contributed by atoms with Crippen LogP contribution in [0.4, 0.5) is 0 Å². The first kappa shape index (κ1) is 21.1. The number of halogens is 1. The molecule has 0 radical (unpaired) electrons. The number of Topliss-reactive ketones (excluding diaryl/α,β-unsaturated/α-hetero) is 1. The predicted molar refractivity (Wildman–Crippen MR) is 132 cm³/mol. The van der Waals surface area contributed by atoms with Gasteiger partial charge in [0, 0.05) is 16.1 Å². The molecule has 0 spiro atoms. The van der Waals surface area contributed by atoms with Gasteiger partial charge < -0.3 is 4.74 Å². The minimum absolute atomic E-state index is 0.0988. The summed E-state index contributed by atoms with van der Waals surface area (Å²) in [6, 6.07) is 23.5.